The van der Waals surface area contributed by atoms with E-state index in [4.69, 9.17) is 4.52 Å². The molecular weight excluding hydrogens is 403 g/mol. The van der Waals surface area contributed by atoms with Gasteiger partial charge >= 0.3 is 8.60 Å². The SMILES string of the molecule is OP(O)OC1(c2ccccc2)c2ccc3ccccc3c2-c2c1ccc1ccccc21. The average Bonchev–Trinajstić information content (AvgIpc) is 3.10. The van der Waals surface area contributed by atoms with Crippen LogP contribution in [0.4, 0.5) is 0 Å². The summed E-state index contributed by atoms with van der Waals surface area (Å²) in [5.41, 5.74) is 3.81. The Morgan fingerprint density at radius 1 is 0.548 bits per heavy atom. The normalized spacial score (nSPS) is 14.2. The predicted molar refractivity (Wildman–Crippen MR) is 126 cm³/mol. The van der Waals surface area contributed by atoms with E-state index in [-0.39, 0.29) is 0 Å². The summed E-state index contributed by atoms with van der Waals surface area (Å²) in [6.45, 7) is 0. The number of hydrogen-bond donors (Lipinski definition) is 2. The maximum atomic E-state index is 10.1. The summed E-state index contributed by atoms with van der Waals surface area (Å²) in [5.74, 6) is 0. The molecule has 5 aromatic rings. The third-order valence-electron chi connectivity index (χ3n) is 6.27. The molecule has 0 atom stereocenters. The second kappa shape index (κ2) is 6.98. The molecule has 0 aliphatic heterocycles. The van der Waals surface area contributed by atoms with Crippen LogP contribution in [0.25, 0.3) is 32.7 Å². The van der Waals surface area contributed by atoms with Gasteiger partial charge in [0.15, 0.2) is 5.60 Å². The van der Waals surface area contributed by atoms with E-state index in [1.807, 2.05) is 54.6 Å². The molecular formula is C27H19O3P. The van der Waals surface area contributed by atoms with Gasteiger partial charge in [0, 0.05) is 11.1 Å². The van der Waals surface area contributed by atoms with Crippen LogP contribution in [0.1, 0.15) is 16.7 Å². The Kier molecular flexibility index (Phi) is 4.21. The van der Waals surface area contributed by atoms with Crippen molar-refractivity contribution < 1.29 is 14.3 Å². The molecule has 5 aromatic carbocycles. The van der Waals surface area contributed by atoms with E-state index < -0.39 is 14.2 Å². The van der Waals surface area contributed by atoms with Crippen molar-refractivity contribution in [2.75, 3.05) is 0 Å². The van der Waals surface area contributed by atoms with Gasteiger partial charge in [-0.3, -0.25) is 4.52 Å². The molecule has 150 valence electrons. The number of fused-ring (bicyclic) bond motifs is 7. The molecule has 0 unspecified atom stereocenters. The fourth-order valence-electron chi connectivity index (χ4n) is 5.07. The van der Waals surface area contributed by atoms with Gasteiger partial charge in [-0.15, -0.1) is 0 Å². The molecule has 0 aromatic heterocycles. The summed E-state index contributed by atoms with van der Waals surface area (Å²) in [6.07, 6.45) is 0. The van der Waals surface area contributed by atoms with Crippen LogP contribution < -0.4 is 0 Å². The standard InChI is InChI=1S/C27H19O3P/c28-31(29)30-27(20-10-2-1-3-11-20)23-16-14-18-8-4-6-12-21(18)25(23)26-22-13-7-5-9-19(22)15-17-24(26)27/h1-17,28-29H. The molecule has 2 N–H and O–H groups in total. The van der Waals surface area contributed by atoms with Crippen LogP contribution in [0.15, 0.2) is 103 Å². The fraction of sp³-hybridized carbons (Fsp3) is 0.0370. The molecule has 0 fully saturated rings. The Balaban J connectivity index is 1.85. The third kappa shape index (κ3) is 2.62. The van der Waals surface area contributed by atoms with Crippen LogP contribution >= 0.6 is 8.60 Å². The molecule has 0 bridgehead atoms. The Hall–Kier alpha value is -3.07. The first-order valence-corrected chi connectivity index (χ1v) is 11.3. The van der Waals surface area contributed by atoms with Crippen molar-refractivity contribution in [3.05, 3.63) is 120 Å². The highest BCUT2D eigenvalue weighted by molar-refractivity contribution is 7.39. The summed E-state index contributed by atoms with van der Waals surface area (Å²) in [6, 6.07) is 34.8. The molecule has 1 aliphatic rings. The number of hydrogen-bond acceptors (Lipinski definition) is 3. The highest BCUT2D eigenvalue weighted by Gasteiger charge is 2.48. The second-order valence-corrected chi connectivity index (χ2v) is 8.50. The zero-order valence-corrected chi connectivity index (χ0v) is 17.5. The van der Waals surface area contributed by atoms with Crippen molar-refractivity contribution in [3.8, 4) is 11.1 Å². The minimum absolute atomic E-state index is 0.871. The Morgan fingerprint density at radius 2 is 1.03 bits per heavy atom. The van der Waals surface area contributed by atoms with Gasteiger partial charge in [0.25, 0.3) is 0 Å². The molecule has 31 heavy (non-hydrogen) atoms. The summed E-state index contributed by atoms with van der Waals surface area (Å²) in [5, 5.41) is 4.52. The van der Waals surface area contributed by atoms with Gasteiger partial charge in [-0.1, -0.05) is 103 Å². The van der Waals surface area contributed by atoms with Crippen LogP contribution in [0, 0.1) is 0 Å². The first-order chi connectivity index (χ1) is 15.2. The van der Waals surface area contributed by atoms with E-state index in [1.165, 1.54) is 0 Å². The van der Waals surface area contributed by atoms with Crippen molar-refractivity contribution in [2.24, 2.45) is 0 Å². The molecule has 4 heteroatoms. The predicted octanol–water partition coefficient (Wildman–Crippen LogP) is 6.49. The molecule has 0 saturated carbocycles. The van der Waals surface area contributed by atoms with E-state index in [0.717, 1.165) is 49.4 Å². The van der Waals surface area contributed by atoms with Crippen LogP contribution in [-0.2, 0) is 10.1 Å². The molecule has 0 amide bonds. The van der Waals surface area contributed by atoms with Gasteiger partial charge in [0.1, 0.15) is 0 Å². The zero-order chi connectivity index (χ0) is 21.0. The minimum Gasteiger partial charge on any atom is -0.328 e. The quantitative estimate of drug-likeness (QED) is 0.327. The summed E-state index contributed by atoms with van der Waals surface area (Å²) in [7, 11) is -2.62. The lowest BCUT2D eigenvalue weighted by molar-refractivity contribution is 0.134. The first kappa shape index (κ1) is 18.7. The Bertz CT molecular complexity index is 1360. The Morgan fingerprint density at radius 3 is 1.55 bits per heavy atom. The van der Waals surface area contributed by atoms with Gasteiger partial charge in [0.05, 0.1) is 0 Å². The van der Waals surface area contributed by atoms with E-state index in [2.05, 4.69) is 48.5 Å². The first-order valence-electron chi connectivity index (χ1n) is 10.2. The molecule has 0 spiro atoms. The maximum absolute atomic E-state index is 10.1. The lowest BCUT2D eigenvalue weighted by Crippen LogP contribution is -2.28. The van der Waals surface area contributed by atoms with Gasteiger partial charge in [0.2, 0.25) is 0 Å². The van der Waals surface area contributed by atoms with E-state index >= 15 is 0 Å². The van der Waals surface area contributed by atoms with Crippen molar-refractivity contribution in [1.82, 2.24) is 0 Å². The third-order valence-corrected chi connectivity index (χ3v) is 6.70. The molecule has 1 aliphatic carbocycles. The molecule has 0 heterocycles. The van der Waals surface area contributed by atoms with Crippen LogP contribution in [0.3, 0.4) is 0 Å². The fourth-order valence-corrected chi connectivity index (χ4v) is 5.62. The van der Waals surface area contributed by atoms with Crippen LogP contribution in [0.2, 0.25) is 0 Å². The highest BCUT2D eigenvalue weighted by atomic mass is 31.2. The summed E-state index contributed by atoms with van der Waals surface area (Å²) in [4.78, 5) is 20.2. The lowest BCUT2D eigenvalue weighted by Gasteiger charge is -2.32. The topological polar surface area (TPSA) is 49.7 Å². The van der Waals surface area contributed by atoms with Gasteiger partial charge in [-0.2, -0.15) is 0 Å². The Labute approximate surface area is 181 Å². The van der Waals surface area contributed by atoms with Crippen molar-refractivity contribution in [2.45, 2.75) is 5.60 Å². The van der Waals surface area contributed by atoms with E-state index in [1.54, 1.807) is 0 Å². The number of rotatable bonds is 3. The summed E-state index contributed by atoms with van der Waals surface area (Å²) >= 11 is 0. The largest absolute Gasteiger partial charge is 0.328 e. The maximum Gasteiger partial charge on any atom is 0.328 e. The molecule has 6 rings (SSSR count). The second-order valence-electron chi connectivity index (χ2n) is 7.81. The van der Waals surface area contributed by atoms with Crippen molar-refractivity contribution >= 4 is 30.1 Å². The molecule has 3 nitrogen and oxygen atoms in total. The van der Waals surface area contributed by atoms with Crippen LogP contribution in [-0.4, -0.2) is 9.79 Å². The van der Waals surface area contributed by atoms with Crippen molar-refractivity contribution in [3.63, 3.8) is 0 Å². The zero-order valence-electron chi connectivity index (χ0n) is 16.6. The van der Waals surface area contributed by atoms with Crippen LogP contribution in [0.5, 0.6) is 0 Å². The smallest absolute Gasteiger partial charge is 0.328 e. The van der Waals surface area contributed by atoms with Gasteiger partial charge in [-0.05, 0) is 38.2 Å². The lowest BCUT2D eigenvalue weighted by atomic mass is 9.83. The monoisotopic (exact) mass is 422 g/mol. The minimum atomic E-state index is -2.62. The number of benzene rings is 5. The molecule has 0 radical (unpaired) electrons. The van der Waals surface area contributed by atoms with Gasteiger partial charge < -0.3 is 9.79 Å². The van der Waals surface area contributed by atoms with E-state index in [9.17, 15) is 9.79 Å². The molecule has 0 saturated heterocycles. The van der Waals surface area contributed by atoms with Gasteiger partial charge in [-0.25, -0.2) is 0 Å². The highest BCUT2D eigenvalue weighted by Crippen LogP contribution is 2.60. The average molecular weight is 422 g/mol. The van der Waals surface area contributed by atoms with Crippen molar-refractivity contribution in [1.29, 1.82) is 0 Å². The summed E-state index contributed by atoms with van der Waals surface area (Å²) < 4.78 is 6.11. The van der Waals surface area contributed by atoms with E-state index in [0.29, 0.717) is 0 Å².